The number of nitrogens with one attached hydrogen (secondary N) is 2. The predicted octanol–water partition coefficient (Wildman–Crippen LogP) is 1.80. The molecule has 6 nitrogen and oxygen atoms in total. The lowest BCUT2D eigenvalue weighted by atomic mass is 10.0. The van der Waals surface area contributed by atoms with Gasteiger partial charge in [-0.1, -0.05) is 19.1 Å². The molecule has 7 heteroatoms. The van der Waals surface area contributed by atoms with Gasteiger partial charge in [0.15, 0.2) is 0 Å². The zero-order chi connectivity index (χ0) is 18.8. The molecule has 3 atom stereocenters. The van der Waals surface area contributed by atoms with Crippen LogP contribution in [0.15, 0.2) is 36.4 Å². The molecule has 0 aliphatic heterocycles. The third-order valence-corrected chi connectivity index (χ3v) is 4.44. The average molecular weight is 357 g/mol. The molecule has 136 valence electrons. The number of nitrogens with zero attached hydrogens (tertiary/aromatic N) is 1. The van der Waals surface area contributed by atoms with Crippen molar-refractivity contribution in [1.82, 2.24) is 15.6 Å². The average Bonchev–Trinajstić information content (AvgIpc) is 3.34. The van der Waals surface area contributed by atoms with Gasteiger partial charge in [0.05, 0.1) is 5.69 Å². The van der Waals surface area contributed by atoms with Crippen molar-refractivity contribution >= 4 is 11.8 Å². The van der Waals surface area contributed by atoms with Crippen molar-refractivity contribution < 1.29 is 19.1 Å². The number of aromatic nitrogens is 1. The lowest BCUT2D eigenvalue weighted by molar-refractivity contribution is 0.0949. The Morgan fingerprint density at radius 1 is 1.27 bits per heavy atom. The minimum atomic E-state index is -1.26. The second-order valence-electron chi connectivity index (χ2n) is 6.50. The van der Waals surface area contributed by atoms with Crippen LogP contribution in [0.1, 0.15) is 51.6 Å². The lowest BCUT2D eigenvalue weighted by Crippen LogP contribution is -2.28. The summed E-state index contributed by atoms with van der Waals surface area (Å²) in [5, 5.41) is 15.9. The highest BCUT2D eigenvalue weighted by molar-refractivity contribution is 5.98. The second-order valence-corrected chi connectivity index (χ2v) is 6.50. The summed E-state index contributed by atoms with van der Waals surface area (Å²) in [7, 11) is 1.45. The maximum Gasteiger partial charge on any atom is 0.269 e. The number of aliphatic hydroxyl groups excluding tert-OH is 1. The first-order chi connectivity index (χ1) is 12.4. The van der Waals surface area contributed by atoms with Crippen LogP contribution in [0.5, 0.6) is 0 Å². The number of pyridine rings is 1. The van der Waals surface area contributed by atoms with Crippen LogP contribution in [0.3, 0.4) is 0 Å². The second kappa shape index (κ2) is 7.21. The van der Waals surface area contributed by atoms with Crippen LogP contribution in [0.2, 0.25) is 0 Å². The topological polar surface area (TPSA) is 91.3 Å². The van der Waals surface area contributed by atoms with Gasteiger partial charge in [-0.25, -0.2) is 9.37 Å². The molecular weight excluding hydrogens is 337 g/mol. The Hall–Kier alpha value is -2.80. The molecule has 1 aromatic carbocycles. The van der Waals surface area contributed by atoms with Crippen molar-refractivity contribution in [1.29, 1.82) is 0 Å². The summed E-state index contributed by atoms with van der Waals surface area (Å²) >= 11 is 0. The number of aliphatic hydroxyl groups is 1. The molecule has 26 heavy (non-hydrogen) atoms. The van der Waals surface area contributed by atoms with E-state index in [9.17, 15) is 19.1 Å². The Balaban J connectivity index is 1.96. The molecule has 1 aromatic heterocycles. The number of benzene rings is 1. The molecule has 0 spiro atoms. The minimum absolute atomic E-state index is 0.00875. The molecular formula is C19H20FN3O3. The molecule has 0 unspecified atom stereocenters. The molecule has 2 amide bonds. The van der Waals surface area contributed by atoms with Crippen molar-refractivity contribution in [2.45, 2.75) is 25.5 Å². The summed E-state index contributed by atoms with van der Waals surface area (Å²) in [4.78, 5) is 28.6. The molecule has 2 aromatic rings. The van der Waals surface area contributed by atoms with E-state index in [-0.39, 0.29) is 34.5 Å². The smallest absolute Gasteiger partial charge is 0.269 e. The lowest BCUT2D eigenvalue weighted by Gasteiger charge is -2.14. The summed E-state index contributed by atoms with van der Waals surface area (Å²) in [5.41, 5.74) is 0.622. The van der Waals surface area contributed by atoms with Gasteiger partial charge in [0.25, 0.3) is 11.8 Å². The van der Waals surface area contributed by atoms with Gasteiger partial charge in [-0.2, -0.15) is 0 Å². The normalized spacial score (nSPS) is 19.5. The van der Waals surface area contributed by atoms with E-state index >= 15 is 0 Å². The van der Waals surface area contributed by atoms with Gasteiger partial charge >= 0.3 is 0 Å². The summed E-state index contributed by atoms with van der Waals surface area (Å²) in [6.45, 7) is 2.03. The van der Waals surface area contributed by atoms with Crippen molar-refractivity contribution in [2.24, 2.45) is 5.92 Å². The highest BCUT2D eigenvalue weighted by Crippen LogP contribution is 2.29. The maximum atomic E-state index is 13.4. The Labute approximate surface area is 150 Å². The largest absolute Gasteiger partial charge is 0.382 e. The molecule has 0 radical (unpaired) electrons. The fraction of sp³-hybridized carbons (Fsp3) is 0.316. The summed E-state index contributed by atoms with van der Waals surface area (Å²) < 4.78 is 13.4. The fourth-order valence-corrected chi connectivity index (χ4v) is 2.69. The number of halogens is 1. The van der Waals surface area contributed by atoms with Gasteiger partial charge < -0.3 is 15.7 Å². The predicted molar refractivity (Wildman–Crippen MR) is 93.1 cm³/mol. The Morgan fingerprint density at radius 3 is 2.62 bits per heavy atom. The standard InChI is InChI=1S/C19H20FN3O3/c1-10-6-14(10)23-18(25)12-8-15(22-16(9-12)19(26)21-2)17(24)11-4-3-5-13(20)7-11/h3-5,7-10,14,17,24H,6H2,1-2H3,(H,21,26)(H,23,25)/t10-,14-,17+/m0/s1. The van der Waals surface area contributed by atoms with Crippen molar-refractivity contribution in [3.05, 3.63) is 64.7 Å². The van der Waals surface area contributed by atoms with E-state index < -0.39 is 17.8 Å². The van der Waals surface area contributed by atoms with Crippen molar-refractivity contribution in [3.8, 4) is 0 Å². The summed E-state index contributed by atoms with van der Waals surface area (Å²) in [5.74, 6) is -0.882. The van der Waals surface area contributed by atoms with E-state index in [1.54, 1.807) is 6.07 Å². The Kier molecular flexibility index (Phi) is 4.99. The van der Waals surface area contributed by atoms with Crippen LogP contribution in [0, 0.1) is 11.7 Å². The molecule has 1 saturated carbocycles. The van der Waals surface area contributed by atoms with Crippen LogP contribution in [0.4, 0.5) is 4.39 Å². The van der Waals surface area contributed by atoms with Gasteiger partial charge in [-0.15, -0.1) is 0 Å². The third-order valence-electron chi connectivity index (χ3n) is 4.44. The molecule has 3 N–H and O–H groups in total. The van der Waals surface area contributed by atoms with E-state index in [1.807, 2.05) is 6.92 Å². The van der Waals surface area contributed by atoms with Gasteiger partial charge in [0, 0.05) is 18.7 Å². The number of carbonyl (C=O) groups excluding carboxylic acids is 2. The van der Waals surface area contributed by atoms with Gasteiger partial charge in [-0.3, -0.25) is 9.59 Å². The minimum Gasteiger partial charge on any atom is -0.382 e. The van der Waals surface area contributed by atoms with Crippen LogP contribution < -0.4 is 10.6 Å². The van der Waals surface area contributed by atoms with E-state index in [2.05, 4.69) is 15.6 Å². The third kappa shape index (κ3) is 3.88. The molecule has 0 bridgehead atoms. The highest BCUT2D eigenvalue weighted by Gasteiger charge is 2.34. The quantitative estimate of drug-likeness (QED) is 0.761. The SMILES string of the molecule is CNC(=O)c1cc(C(=O)N[C@H]2C[C@@H]2C)cc([C@H](O)c2cccc(F)c2)n1. The Morgan fingerprint density at radius 2 is 2.00 bits per heavy atom. The monoisotopic (exact) mass is 357 g/mol. The maximum absolute atomic E-state index is 13.4. The number of hydrogen-bond donors (Lipinski definition) is 3. The number of amides is 2. The molecule has 1 aliphatic carbocycles. The Bertz CT molecular complexity index is 856. The van der Waals surface area contributed by atoms with Crippen LogP contribution in [-0.2, 0) is 0 Å². The van der Waals surface area contributed by atoms with Crippen molar-refractivity contribution in [3.63, 3.8) is 0 Å². The first-order valence-electron chi connectivity index (χ1n) is 8.37. The van der Waals surface area contributed by atoms with Gasteiger partial charge in [-0.05, 0) is 42.2 Å². The van der Waals surface area contributed by atoms with E-state index in [0.29, 0.717) is 5.92 Å². The molecule has 1 fully saturated rings. The zero-order valence-corrected chi connectivity index (χ0v) is 14.5. The van der Waals surface area contributed by atoms with Gasteiger partial charge in [0.1, 0.15) is 17.6 Å². The molecule has 1 aliphatic rings. The summed E-state index contributed by atoms with van der Waals surface area (Å²) in [6.07, 6.45) is -0.348. The van der Waals surface area contributed by atoms with E-state index in [0.717, 1.165) is 6.42 Å². The first-order valence-corrected chi connectivity index (χ1v) is 8.37. The zero-order valence-electron chi connectivity index (χ0n) is 14.5. The molecule has 3 rings (SSSR count). The van der Waals surface area contributed by atoms with Crippen LogP contribution >= 0.6 is 0 Å². The van der Waals surface area contributed by atoms with Crippen LogP contribution in [0.25, 0.3) is 0 Å². The number of hydrogen-bond acceptors (Lipinski definition) is 4. The van der Waals surface area contributed by atoms with Crippen molar-refractivity contribution in [2.75, 3.05) is 7.05 Å². The van der Waals surface area contributed by atoms with E-state index in [1.165, 1.54) is 37.4 Å². The number of rotatable bonds is 5. The fourth-order valence-electron chi connectivity index (χ4n) is 2.69. The molecule has 1 heterocycles. The summed E-state index contributed by atoms with van der Waals surface area (Å²) in [6, 6.07) is 8.39. The van der Waals surface area contributed by atoms with Gasteiger partial charge in [0.2, 0.25) is 0 Å². The van der Waals surface area contributed by atoms with Crippen LogP contribution in [-0.4, -0.2) is 35.0 Å². The van der Waals surface area contributed by atoms with E-state index in [4.69, 9.17) is 0 Å². The number of carbonyl (C=O) groups is 2. The molecule has 0 saturated heterocycles. The highest BCUT2D eigenvalue weighted by atomic mass is 19.1. The first kappa shape index (κ1) is 18.0.